The molecule has 0 aromatic heterocycles. The number of non-ortho nitro benzene ring substituents is 1. The molecule has 0 atom stereocenters. The molecule has 0 unspecified atom stereocenters. The number of rotatable bonds is 5. The van der Waals surface area contributed by atoms with Gasteiger partial charge in [0.2, 0.25) is 10.0 Å². The molecule has 0 radical (unpaired) electrons. The third-order valence-electron chi connectivity index (χ3n) is 3.23. The van der Waals surface area contributed by atoms with E-state index in [-0.39, 0.29) is 16.9 Å². The maximum atomic E-state index is 12.9. The van der Waals surface area contributed by atoms with Crippen LogP contribution in [0.5, 0.6) is 0 Å². The molecule has 0 aliphatic rings. The summed E-state index contributed by atoms with van der Waals surface area (Å²) in [6.07, 6.45) is -3.91. The Morgan fingerprint density at radius 3 is 2.15 bits per heavy atom. The second kappa shape index (κ2) is 7.23. The number of nitrogens with zero attached hydrogens (tertiary/aromatic N) is 1. The number of amides is 1. The molecule has 1 amide bonds. The number of anilines is 2. The molecule has 12 heteroatoms. The first kappa shape index (κ1) is 20.2. The number of benzene rings is 2. The maximum Gasteiger partial charge on any atom is 0.416 e. The monoisotopic (exact) mass is 403 g/mol. The lowest BCUT2D eigenvalue weighted by Gasteiger charge is -2.15. The fourth-order valence-electron chi connectivity index (χ4n) is 2.04. The van der Waals surface area contributed by atoms with Gasteiger partial charge in [0.05, 0.1) is 28.1 Å². The van der Waals surface area contributed by atoms with E-state index >= 15 is 0 Å². The number of nitro groups is 1. The van der Waals surface area contributed by atoms with Crippen molar-refractivity contribution < 1.29 is 31.3 Å². The smallest absolute Gasteiger partial charge is 0.320 e. The Labute approximate surface area is 151 Å². The van der Waals surface area contributed by atoms with Crippen LogP contribution in [0.4, 0.5) is 30.2 Å². The van der Waals surface area contributed by atoms with E-state index in [4.69, 9.17) is 0 Å². The Balaban J connectivity index is 2.39. The highest BCUT2D eigenvalue weighted by atomic mass is 32.2. The van der Waals surface area contributed by atoms with Gasteiger partial charge in [-0.1, -0.05) is 0 Å². The largest absolute Gasteiger partial charge is 0.416 e. The lowest BCUT2D eigenvalue weighted by molar-refractivity contribution is -0.384. The minimum absolute atomic E-state index is 0.0664. The van der Waals surface area contributed by atoms with Crippen LogP contribution >= 0.6 is 0 Å². The molecule has 0 heterocycles. The number of hydrogen-bond donors (Lipinski definition) is 2. The second-order valence-electron chi connectivity index (χ2n) is 5.39. The minimum Gasteiger partial charge on any atom is -0.320 e. The van der Waals surface area contributed by atoms with E-state index in [9.17, 15) is 36.5 Å². The summed E-state index contributed by atoms with van der Waals surface area (Å²) in [6.45, 7) is 0. The van der Waals surface area contributed by atoms with Gasteiger partial charge in [-0.25, -0.2) is 8.42 Å². The Morgan fingerprint density at radius 2 is 1.67 bits per heavy atom. The van der Waals surface area contributed by atoms with Crippen molar-refractivity contribution >= 4 is 33.0 Å². The number of nitro benzene ring substituents is 1. The number of hydrogen-bond acceptors (Lipinski definition) is 5. The summed E-state index contributed by atoms with van der Waals surface area (Å²) in [7, 11) is -3.82. The molecule has 0 saturated carbocycles. The lowest BCUT2D eigenvalue weighted by Crippen LogP contribution is -2.17. The second-order valence-corrected chi connectivity index (χ2v) is 7.14. The molecule has 2 rings (SSSR count). The molecule has 2 aromatic carbocycles. The Bertz CT molecular complexity index is 989. The van der Waals surface area contributed by atoms with Gasteiger partial charge in [0.25, 0.3) is 11.6 Å². The van der Waals surface area contributed by atoms with Crippen molar-refractivity contribution in [2.75, 3.05) is 16.3 Å². The Morgan fingerprint density at radius 1 is 1.07 bits per heavy atom. The van der Waals surface area contributed by atoms with Crippen molar-refractivity contribution in [1.82, 2.24) is 0 Å². The molecule has 0 aliphatic carbocycles. The molecule has 0 fully saturated rings. The summed E-state index contributed by atoms with van der Waals surface area (Å²) in [4.78, 5) is 22.2. The summed E-state index contributed by atoms with van der Waals surface area (Å²) in [5.74, 6) is -0.874. The molecule has 8 nitrogen and oxygen atoms in total. The van der Waals surface area contributed by atoms with Crippen LogP contribution < -0.4 is 10.0 Å². The number of halogens is 3. The van der Waals surface area contributed by atoms with Gasteiger partial charge in [0.1, 0.15) is 0 Å². The maximum absolute atomic E-state index is 12.9. The fourth-order valence-corrected chi connectivity index (χ4v) is 2.62. The average Bonchev–Trinajstić information content (AvgIpc) is 2.54. The van der Waals surface area contributed by atoms with Gasteiger partial charge in [0, 0.05) is 17.7 Å². The average molecular weight is 403 g/mol. The van der Waals surface area contributed by atoms with Crippen molar-refractivity contribution in [3.05, 3.63) is 63.7 Å². The molecular formula is C15H12F3N3O5S. The van der Waals surface area contributed by atoms with Gasteiger partial charge >= 0.3 is 6.18 Å². The van der Waals surface area contributed by atoms with Gasteiger partial charge in [-0.2, -0.15) is 13.2 Å². The van der Waals surface area contributed by atoms with Crippen molar-refractivity contribution in [3.63, 3.8) is 0 Å². The van der Waals surface area contributed by atoms with Crippen LogP contribution in [0.25, 0.3) is 0 Å². The molecule has 144 valence electrons. The Hall–Kier alpha value is -3.15. The highest BCUT2D eigenvalue weighted by molar-refractivity contribution is 7.92. The van der Waals surface area contributed by atoms with E-state index in [1.807, 2.05) is 4.72 Å². The SMILES string of the molecule is CS(=O)(=O)Nc1ccc(C(F)(F)F)cc1NC(=O)c1ccc([N+](=O)[O-])cc1. The normalized spacial score (nSPS) is 11.7. The zero-order valence-electron chi connectivity index (χ0n) is 13.6. The van der Waals surface area contributed by atoms with E-state index in [0.717, 1.165) is 36.6 Å². The topological polar surface area (TPSA) is 118 Å². The van der Waals surface area contributed by atoms with E-state index in [2.05, 4.69) is 5.32 Å². The molecule has 0 aliphatic heterocycles. The van der Waals surface area contributed by atoms with Crippen LogP contribution in [-0.2, 0) is 16.2 Å². The van der Waals surface area contributed by atoms with Crippen molar-refractivity contribution in [2.24, 2.45) is 0 Å². The summed E-state index contributed by atoms with van der Waals surface area (Å²) in [6, 6.07) is 6.45. The predicted molar refractivity (Wildman–Crippen MR) is 91.0 cm³/mol. The molecule has 2 N–H and O–H groups in total. The molecule has 0 bridgehead atoms. The van der Waals surface area contributed by atoms with Crippen molar-refractivity contribution in [3.8, 4) is 0 Å². The van der Waals surface area contributed by atoms with Crippen molar-refractivity contribution in [2.45, 2.75) is 6.18 Å². The molecule has 27 heavy (non-hydrogen) atoms. The predicted octanol–water partition coefficient (Wildman–Crippen LogP) is 3.24. The molecule has 2 aromatic rings. The third-order valence-corrected chi connectivity index (χ3v) is 3.82. The third kappa shape index (κ3) is 5.41. The van der Waals surface area contributed by atoms with Crippen molar-refractivity contribution in [1.29, 1.82) is 0 Å². The van der Waals surface area contributed by atoms with E-state index in [0.29, 0.717) is 12.1 Å². The fraction of sp³-hybridized carbons (Fsp3) is 0.133. The first-order valence-corrected chi connectivity index (χ1v) is 9.01. The molecule has 0 spiro atoms. The zero-order chi connectivity index (χ0) is 20.4. The quantitative estimate of drug-likeness (QED) is 0.587. The molecular weight excluding hydrogens is 391 g/mol. The van der Waals surface area contributed by atoms with E-state index < -0.39 is 38.3 Å². The van der Waals surface area contributed by atoms with Gasteiger partial charge in [0.15, 0.2) is 0 Å². The summed E-state index contributed by atoms with van der Waals surface area (Å²) >= 11 is 0. The van der Waals surface area contributed by atoms with Crippen LogP contribution in [0.3, 0.4) is 0 Å². The summed E-state index contributed by atoms with van der Waals surface area (Å²) in [5.41, 5.74) is -2.12. The number of nitrogens with one attached hydrogen (secondary N) is 2. The van der Waals surface area contributed by atoms with Crippen LogP contribution in [-0.4, -0.2) is 25.5 Å². The highest BCUT2D eigenvalue weighted by Gasteiger charge is 2.31. The number of sulfonamides is 1. The number of carbonyl (C=O) groups excluding carboxylic acids is 1. The first-order chi connectivity index (χ1) is 12.4. The Kier molecular flexibility index (Phi) is 5.40. The zero-order valence-corrected chi connectivity index (χ0v) is 14.4. The first-order valence-electron chi connectivity index (χ1n) is 7.11. The van der Waals surface area contributed by atoms with Gasteiger partial charge in [-0.3, -0.25) is 19.6 Å². The van der Waals surface area contributed by atoms with Crippen LogP contribution in [0.2, 0.25) is 0 Å². The van der Waals surface area contributed by atoms with Gasteiger partial charge < -0.3 is 5.32 Å². The van der Waals surface area contributed by atoms with Gasteiger partial charge in [-0.05, 0) is 30.3 Å². The minimum atomic E-state index is -4.71. The van der Waals surface area contributed by atoms with E-state index in [1.54, 1.807) is 0 Å². The lowest BCUT2D eigenvalue weighted by atomic mass is 10.1. The molecule has 0 saturated heterocycles. The van der Waals surface area contributed by atoms with Gasteiger partial charge in [-0.15, -0.1) is 0 Å². The van der Waals surface area contributed by atoms with Crippen LogP contribution in [0.15, 0.2) is 42.5 Å². The highest BCUT2D eigenvalue weighted by Crippen LogP contribution is 2.34. The van der Waals surface area contributed by atoms with E-state index in [1.165, 1.54) is 0 Å². The standard InChI is InChI=1S/C15H12F3N3O5S/c1-27(25,26)20-12-7-4-10(15(16,17)18)8-13(12)19-14(22)9-2-5-11(6-3-9)21(23)24/h2-8,20H,1H3,(H,19,22). The summed E-state index contributed by atoms with van der Waals surface area (Å²) < 4.78 is 63.5. The summed E-state index contributed by atoms with van der Waals surface area (Å²) in [5, 5.41) is 12.8. The van der Waals surface area contributed by atoms with Crippen LogP contribution in [0, 0.1) is 10.1 Å². The number of alkyl halides is 3. The van der Waals surface area contributed by atoms with Crippen LogP contribution in [0.1, 0.15) is 15.9 Å². The number of carbonyl (C=O) groups is 1.